The number of aliphatic carboxylic acids is 1. The highest BCUT2D eigenvalue weighted by molar-refractivity contribution is 5.85. The number of benzene rings is 1. The van der Waals surface area contributed by atoms with E-state index in [0.29, 0.717) is 12.1 Å². The van der Waals surface area contributed by atoms with Gasteiger partial charge in [-0.3, -0.25) is 0 Å². The predicted octanol–water partition coefficient (Wildman–Crippen LogP) is 3.43. The van der Waals surface area contributed by atoms with E-state index in [-0.39, 0.29) is 5.41 Å². The van der Waals surface area contributed by atoms with Crippen LogP contribution in [0.3, 0.4) is 0 Å². The van der Waals surface area contributed by atoms with Crippen LogP contribution in [0.15, 0.2) is 35.9 Å². The van der Waals surface area contributed by atoms with Gasteiger partial charge in [0.1, 0.15) is 0 Å². The second-order valence-electron chi connectivity index (χ2n) is 5.37. The molecule has 0 saturated carbocycles. The monoisotopic (exact) mass is 247 g/mol. The van der Waals surface area contributed by atoms with E-state index in [9.17, 15) is 4.79 Å². The molecule has 1 rings (SSSR count). The maximum atomic E-state index is 10.7. The fourth-order valence-electron chi connectivity index (χ4n) is 1.69. The molecule has 98 valence electrons. The zero-order valence-corrected chi connectivity index (χ0v) is 11.4. The molecule has 0 radical (unpaired) electrons. The lowest BCUT2D eigenvalue weighted by atomic mass is 9.86. The second kappa shape index (κ2) is 5.71. The summed E-state index contributed by atoms with van der Waals surface area (Å²) in [6.45, 7) is 8.59. The smallest absolute Gasteiger partial charge is 0.331 e. The third-order valence-electron chi connectivity index (χ3n) is 2.77. The first-order valence-corrected chi connectivity index (χ1v) is 6.06. The van der Waals surface area contributed by atoms with Crippen molar-refractivity contribution in [3.63, 3.8) is 0 Å². The van der Waals surface area contributed by atoms with E-state index in [0.717, 1.165) is 5.69 Å². The molecule has 2 N–H and O–H groups in total. The van der Waals surface area contributed by atoms with E-state index in [1.165, 1.54) is 5.56 Å². The molecule has 1 aromatic rings. The second-order valence-corrected chi connectivity index (χ2v) is 5.37. The summed E-state index contributed by atoms with van der Waals surface area (Å²) in [5.74, 6) is -0.874. The molecule has 18 heavy (non-hydrogen) atoms. The van der Waals surface area contributed by atoms with Gasteiger partial charge in [-0.05, 0) is 24.0 Å². The van der Waals surface area contributed by atoms with Gasteiger partial charge in [0.15, 0.2) is 0 Å². The van der Waals surface area contributed by atoms with Gasteiger partial charge in [0, 0.05) is 17.8 Å². The van der Waals surface area contributed by atoms with Crippen LogP contribution >= 0.6 is 0 Å². The molecule has 0 fully saturated rings. The van der Waals surface area contributed by atoms with E-state index in [1.807, 2.05) is 18.2 Å². The first-order chi connectivity index (χ1) is 8.32. The number of para-hydroxylation sites is 1. The van der Waals surface area contributed by atoms with Crippen LogP contribution in [0.25, 0.3) is 0 Å². The van der Waals surface area contributed by atoms with E-state index >= 15 is 0 Å². The maximum absolute atomic E-state index is 10.7. The molecule has 0 aliphatic heterocycles. The van der Waals surface area contributed by atoms with Crippen LogP contribution in [0, 0.1) is 0 Å². The van der Waals surface area contributed by atoms with E-state index in [1.54, 1.807) is 13.0 Å². The van der Waals surface area contributed by atoms with E-state index < -0.39 is 5.97 Å². The molecule has 3 nitrogen and oxygen atoms in total. The summed E-state index contributed by atoms with van der Waals surface area (Å²) in [4.78, 5) is 10.7. The molecule has 0 unspecified atom stereocenters. The number of hydrogen-bond donors (Lipinski definition) is 2. The topological polar surface area (TPSA) is 49.3 Å². The number of hydrogen-bond acceptors (Lipinski definition) is 2. The van der Waals surface area contributed by atoms with Gasteiger partial charge in [-0.25, -0.2) is 4.79 Å². The minimum atomic E-state index is -0.874. The molecule has 0 aliphatic carbocycles. The molecular formula is C15H21NO2. The van der Waals surface area contributed by atoms with Gasteiger partial charge < -0.3 is 10.4 Å². The Bertz CT molecular complexity index is 456. The molecule has 0 bridgehead atoms. The Morgan fingerprint density at radius 3 is 2.50 bits per heavy atom. The molecule has 0 aliphatic rings. The van der Waals surface area contributed by atoms with E-state index in [2.05, 4.69) is 32.2 Å². The van der Waals surface area contributed by atoms with Crippen LogP contribution in [0.2, 0.25) is 0 Å². The number of carboxylic acid groups (broad SMARTS) is 1. The summed E-state index contributed by atoms with van der Waals surface area (Å²) in [6, 6.07) is 8.11. The largest absolute Gasteiger partial charge is 0.478 e. The van der Waals surface area contributed by atoms with E-state index in [4.69, 9.17) is 5.11 Å². The molecule has 0 aromatic heterocycles. The molecule has 0 atom stereocenters. The van der Waals surface area contributed by atoms with Gasteiger partial charge in [-0.15, -0.1) is 0 Å². The normalized spacial score (nSPS) is 12.3. The first-order valence-electron chi connectivity index (χ1n) is 6.06. The summed E-state index contributed by atoms with van der Waals surface area (Å²) in [5, 5.41) is 12.0. The standard InChI is InChI=1S/C15H21NO2/c1-11(14(17)18)9-10-16-13-8-6-5-7-12(13)15(2,3)4/h5-9,16H,10H2,1-4H3,(H,17,18)/b11-9-. The summed E-state index contributed by atoms with van der Waals surface area (Å²) in [6.07, 6.45) is 1.68. The lowest BCUT2D eigenvalue weighted by Gasteiger charge is -2.23. The van der Waals surface area contributed by atoms with Crippen LogP contribution in [0.1, 0.15) is 33.3 Å². The number of carbonyl (C=O) groups is 1. The maximum Gasteiger partial charge on any atom is 0.331 e. The quantitative estimate of drug-likeness (QED) is 0.801. The van der Waals surface area contributed by atoms with Crippen molar-refractivity contribution in [2.24, 2.45) is 0 Å². The van der Waals surface area contributed by atoms with Crippen molar-refractivity contribution in [1.82, 2.24) is 0 Å². The Labute approximate surface area is 109 Å². The number of anilines is 1. The van der Waals surface area contributed by atoms with Gasteiger partial charge in [-0.2, -0.15) is 0 Å². The van der Waals surface area contributed by atoms with Crippen LogP contribution in [-0.4, -0.2) is 17.6 Å². The van der Waals surface area contributed by atoms with Crippen molar-refractivity contribution in [2.45, 2.75) is 33.1 Å². The average molecular weight is 247 g/mol. The SMILES string of the molecule is C/C(=C/CNc1ccccc1C(C)(C)C)C(=O)O. The molecule has 3 heteroatoms. The minimum Gasteiger partial charge on any atom is -0.478 e. The minimum absolute atomic E-state index is 0.0646. The summed E-state index contributed by atoms with van der Waals surface area (Å²) < 4.78 is 0. The zero-order valence-electron chi connectivity index (χ0n) is 11.4. The van der Waals surface area contributed by atoms with Crippen molar-refractivity contribution in [2.75, 3.05) is 11.9 Å². The Balaban J connectivity index is 2.80. The van der Waals surface area contributed by atoms with Gasteiger partial charge in [0.25, 0.3) is 0 Å². The van der Waals surface area contributed by atoms with Crippen LogP contribution < -0.4 is 5.32 Å². The molecular weight excluding hydrogens is 226 g/mol. The third kappa shape index (κ3) is 3.91. The fraction of sp³-hybridized carbons (Fsp3) is 0.400. The zero-order chi connectivity index (χ0) is 13.8. The van der Waals surface area contributed by atoms with Crippen molar-refractivity contribution in [1.29, 1.82) is 0 Å². The Morgan fingerprint density at radius 1 is 1.33 bits per heavy atom. The molecule has 0 spiro atoms. The van der Waals surface area contributed by atoms with Gasteiger partial charge >= 0.3 is 5.97 Å². The highest BCUT2D eigenvalue weighted by Crippen LogP contribution is 2.28. The summed E-state index contributed by atoms with van der Waals surface area (Å²) in [7, 11) is 0. The summed E-state index contributed by atoms with van der Waals surface area (Å²) in [5.41, 5.74) is 2.70. The lowest BCUT2D eigenvalue weighted by molar-refractivity contribution is -0.132. The average Bonchev–Trinajstić information content (AvgIpc) is 2.28. The van der Waals surface area contributed by atoms with Crippen LogP contribution in [0.4, 0.5) is 5.69 Å². The Hall–Kier alpha value is -1.77. The third-order valence-corrected chi connectivity index (χ3v) is 2.77. The van der Waals surface area contributed by atoms with Crippen LogP contribution in [0.5, 0.6) is 0 Å². The number of carboxylic acids is 1. The molecule has 0 amide bonds. The summed E-state index contributed by atoms with van der Waals surface area (Å²) >= 11 is 0. The van der Waals surface area contributed by atoms with Crippen molar-refractivity contribution in [3.8, 4) is 0 Å². The van der Waals surface area contributed by atoms with Crippen LogP contribution in [-0.2, 0) is 10.2 Å². The van der Waals surface area contributed by atoms with Crippen molar-refractivity contribution < 1.29 is 9.90 Å². The molecule has 0 heterocycles. The molecule has 0 saturated heterocycles. The van der Waals surface area contributed by atoms with Crippen molar-refractivity contribution >= 4 is 11.7 Å². The highest BCUT2D eigenvalue weighted by atomic mass is 16.4. The van der Waals surface area contributed by atoms with Gasteiger partial charge in [-0.1, -0.05) is 45.0 Å². The first kappa shape index (κ1) is 14.3. The van der Waals surface area contributed by atoms with Crippen molar-refractivity contribution in [3.05, 3.63) is 41.5 Å². The van der Waals surface area contributed by atoms with Gasteiger partial charge in [0.2, 0.25) is 0 Å². The number of nitrogens with one attached hydrogen (secondary N) is 1. The highest BCUT2D eigenvalue weighted by Gasteiger charge is 2.16. The molecule has 1 aromatic carbocycles. The number of rotatable bonds is 4. The Morgan fingerprint density at radius 2 is 1.94 bits per heavy atom. The fourth-order valence-corrected chi connectivity index (χ4v) is 1.69. The van der Waals surface area contributed by atoms with Gasteiger partial charge in [0.05, 0.1) is 0 Å². The lowest BCUT2D eigenvalue weighted by Crippen LogP contribution is -2.15. The Kier molecular flexibility index (Phi) is 4.54. The predicted molar refractivity (Wildman–Crippen MR) is 75.0 cm³/mol.